The molecule has 0 spiro atoms. The number of rotatable bonds is 4. The Bertz CT molecular complexity index is 367. The first-order valence-corrected chi connectivity index (χ1v) is 5.58. The van der Waals surface area contributed by atoms with Crippen LogP contribution in [0.2, 0.25) is 0 Å². The zero-order valence-corrected chi connectivity index (χ0v) is 9.27. The average Bonchev–Trinajstić information content (AvgIpc) is 2.30. The Labute approximate surface area is 87.6 Å². The molecule has 0 saturated carbocycles. The van der Waals surface area contributed by atoms with E-state index in [1.165, 1.54) is 12.1 Å². The molecule has 0 radical (unpaired) electrons. The molecule has 0 bridgehead atoms. The maximum Gasteiger partial charge on any atom is 0.531 e. The molecule has 0 heterocycles. The van der Waals surface area contributed by atoms with Gasteiger partial charge in [-0.3, -0.25) is 9.05 Å². The second-order valence-electron chi connectivity index (χ2n) is 2.56. The van der Waals surface area contributed by atoms with Gasteiger partial charge in [0.25, 0.3) is 0 Å². The summed E-state index contributed by atoms with van der Waals surface area (Å²) in [7, 11) is -1.47. The zero-order valence-electron chi connectivity index (χ0n) is 8.38. The Morgan fingerprint density at radius 2 is 1.67 bits per heavy atom. The van der Waals surface area contributed by atoms with Crippen LogP contribution in [0.15, 0.2) is 30.3 Å². The van der Waals surface area contributed by atoms with Crippen molar-refractivity contribution >= 4 is 13.8 Å². The summed E-state index contributed by atoms with van der Waals surface area (Å²) in [6.07, 6.45) is 0. The largest absolute Gasteiger partial charge is 0.531 e. The number of carbonyl (C=O) groups is 1. The Balaban J connectivity index is 2.76. The van der Waals surface area contributed by atoms with Crippen LogP contribution in [0.5, 0.6) is 0 Å². The average molecular weight is 230 g/mol. The van der Waals surface area contributed by atoms with Gasteiger partial charge in [0.15, 0.2) is 0 Å². The molecule has 0 atom stereocenters. The van der Waals surface area contributed by atoms with Crippen LogP contribution < -0.4 is 0 Å². The maximum atomic E-state index is 11.4. The van der Waals surface area contributed by atoms with Crippen molar-refractivity contribution < 1.29 is 22.9 Å². The quantitative estimate of drug-likeness (QED) is 0.742. The second-order valence-corrected chi connectivity index (χ2v) is 4.36. The monoisotopic (exact) mass is 230 g/mol. The van der Waals surface area contributed by atoms with Crippen molar-refractivity contribution in [2.45, 2.75) is 0 Å². The smallest absolute Gasteiger partial charge is 0.367 e. The molecule has 0 aliphatic heterocycles. The highest BCUT2D eigenvalue weighted by atomic mass is 31.2. The highest BCUT2D eigenvalue weighted by Crippen LogP contribution is 2.48. The molecular weight excluding hydrogens is 219 g/mol. The molecule has 0 aliphatic carbocycles. The highest BCUT2D eigenvalue weighted by molar-refractivity contribution is 7.49. The van der Waals surface area contributed by atoms with Gasteiger partial charge in [-0.25, -0.2) is 9.36 Å². The van der Waals surface area contributed by atoms with Crippen LogP contribution in [0.4, 0.5) is 0 Å². The minimum atomic E-state index is -3.75. The fraction of sp³-hybridized carbons (Fsp3) is 0.222. The Hall–Kier alpha value is -1.16. The molecule has 1 aromatic carbocycles. The summed E-state index contributed by atoms with van der Waals surface area (Å²) in [5.41, 5.74) is 0.284. The second kappa shape index (κ2) is 5.07. The lowest BCUT2D eigenvalue weighted by atomic mass is 10.2. The number of carbonyl (C=O) groups excluding carboxylic acids is 1. The fourth-order valence-electron chi connectivity index (χ4n) is 0.878. The third-order valence-electron chi connectivity index (χ3n) is 1.65. The van der Waals surface area contributed by atoms with E-state index in [0.717, 1.165) is 14.2 Å². The van der Waals surface area contributed by atoms with E-state index in [2.05, 4.69) is 13.6 Å². The molecule has 0 amide bonds. The number of hydrogen-bond donors (Lipinski definition) is 0. The van der Waals surface area contributed by atoms with Crippen molar-refractivity contribution in [1.82, 2.24) is 0 Å². The molecule has 5 nitrogen and oxygen atoms in total. The molecule has 0 fully saturated rings. The molecule has 0 saturated heterocycles. The van der Waals surface area contributed by atoms with Gasteiger partial charge in [0, 0.05) is 14.2 Å². The Morgan fingerprint density at radius 3 is 2.13 bits per heavy atom. The van der Waals surface area contributed by atoms with Gasteiger partial charge in [0.2, 0.25) is 0 Å². The van der Waals surface area contributed by atoms with Crippen LogP contribution >= 0.6 is 7.82 Å². The summed E-state index contributed by atoms with van der Waals surface area (Å²) in [5.74, 6) is -0.748. The minimum absolute atomic E-state index is 0.284. The molecule has 15 heavy (non-hydrogen) atoms. The predicted molar refractivity (Wildman–Crippen MR) is 53.5 cm³/mol. The van der Waals surface area contributed by atoms with Gasteiger partial charge in [-0.15, -0.1) is 0 Å². The van der Waals surface area contributed by atoms with E-state index in [9.17, 15) is 9.36 Å². The lowest BCUT2D eigenvalue weighted by Gasteiger charge is -2.12. The van der Waals surface area contributed by atoms with E-state index in [1.807, 2.05) is 0 Å². The first kappa shape index (κ1) is 11.9. The standard InChI is InChI=1S/C9H11O5P/c1-12-15(11,13-2)14-9(10)8-6-4-3-5-7-8/h3-7H,1-2H3. The molecule has 82 valence electrons. The van der Waals surface area contributed by atoms with E-state index in [1.54, 1.807) is 18.2 Å². The van der Waals surface area contributed by atoms with Crippen molar-refractivity contribution in [3.05, 3.63) is 35.9 Å². The lowest BCUT2D eigenvalue weighted by molar-refractivity contribution is 0.0642. The van der Waals surface area contributed by atoms with Crippen molar-refractivity contribution in [3.63, 3.8) is 0 Å². The molecule has 6 heteroatoms. The summed E-state index contributed by atoms with van der Waals surface area (Å²) < 4.78 is 25.0. The van der Waals surface area contributed by atoms with Crippen LogP contribution in [-0.4, -0.2) is 20.2 Å². The number of phosphoric acid groups is 1. The third kappa shape index (κ3) is 3.16. The first-order chi connectivity index (χ1) is 7.11. The van der Waals surface area contributed by atoms with Crippen molar-refractivity contribution in [3.8, 4) is 0 Å². The molecular formula is C9H11O5P. The number of benzene rings is 1. The SMILES string of the molecule is COP(=O)(OC)OC(=O)c1ccccc1. The van der Waals surface area contributed by atoms with E-state index in [-0.39, 0.29) is 5.56 Å². The summed E-state index contributed by atoms with van der Waals surface area (Å²) in [6, 6.07) is 8.17. The van der Waals surface area contributed by atoms with E-state index < -0.39 is 13.8 Å². The van der Waals surface area contributed by atoms with Gasteiger partial charge >= 0.3 is 13.8 Å². The summed E-state index contributed by atoms with van der Waals surface area (Å²) >= 11 is 0. The van der Waals surface area contributed by atoms with Gasteiger partial charge in [-0.1, -0.05) is 18.2 Å². The van der Waals surface area contributed by atoms with Crippen LogP contribution in [0.3, 0.4) is 0 Å². The molecule has 0 N–H and O–H groups in total. The van der Waals surface area contributed by atoms with Crippen molar-refractivity contribution in [2.75, 3.05) is 14.2 Å². The zero-order chi connectivity index (χ0) is 11.3. The Morgan fingerprint density at radius 1 is 1.13 bits per heavy atom. The summed E-state index contributed by atoms with van der Waals surface area (Å²) in [6.45, 7) is 0. The van der Waals surface area contributed by atoms with Gasteiger partial charge in [-0.05, 0) is 12.1 Å². The van der Waals surface area contributed by atoms with E-state index >= 15 is 0 Å². The number of hydrogen-bond acceptors (Lipinski definition) is 5. The van der Waals surface area contributed by atoms with Crippen molar-refractivity contribution in [2.24, 2.45) is 0 Å². The van der Waals surface area contributed by atoms with Crippen LogP contribution in [0.25, 0.3) is 0 Å². The summed E-state index contributed by atoms with van der Waals surface area (Å²) in [5, 5.41) is 0. The molecule has 0 aliphatic rings. The lowest BCUT2D eigenvalue weighted by Crippen LogP contribution is -2.05. The van der Waals surface area contributed by atoms with Crippen LogP contribution in [-0.2, 0) is 18.1 Å². The van der Waals surface area contributed by atoms with Gasteiger partial charge in [-0.2, -0.15) is 0 Å². The van der Waals surface area contributed by atoms with Gasteiger partial charge < -0.3 is 4.52 Å². The third-order valence-corrected chi connectivity index (χ3v) is 2.94. The van der Waals surface area contributed by atoms with Gasteiger partial charge in [0.1, 0.15) is 0 Å². The van der Waals surface area contributed by atoms with E-state index in [0.29, 0.717) is 0 Å². The molecule has 0 aromatic heterocycles. The van der Waals surface area contributed by atoms with Crippen LogP contribution in [0, 0.1) is 0 Å². The molecule has 1 aromatic rings. The first-order valence-electron chi connectivity index (χ1n) is 4.12. The maximum absolute atomic E-state index is 11.4. The molecule has 1 rings (SSSR count). The highest BCUT2D eigenvalue weighted by Gasteiger charge is 2.28. The van der Waals surface area contributed by atoms with E-state index in [4.69, 9.17) is 0 Å². The number of phosphoric ester groups is 1. The topological polar surface area (TPSA) is 61.8 Å². The summed E-state index contributed by atoms with van der Waals surface area (Å²) in [4.78, 5) is 11.4. The van der Waals surface area contributed by atoms with Gasteiger partial charge in [0.05, 0.1) is 5.56 Å². The Kier molecular flexibility index (Phi) is 4.03. The van der Waals surface area contributed by atoms with Crippen LogP contribution in [0.1, 0.15) is 10.4 Å². The minimum Gasteiger partial charge on any atom is -0.367 e. The normalized spacial score (nSPS) is 11.1. The fourth-order valence-corrected chi connectivity index (χ4v) is 1.48. The van der Waals surface area contributed by atoms with Crippen molar-refractivity contribution in [1.29, 1.82) is 0 Å². The predicted octanol–water partition coefficient (Wildman–Crippen LogP) is 2.24. The molecule has 0 unspecified atom stereocenters.